The van der Waals surface area contributed by atoms with Gasteiger partial charge in [0, 0.05) is 26.7 Å². The summed E-state index contributed by atoms with van der Waals surface area (Å²) in [7, 11) is 5.89. The largest absolute Gasteiger partial charge is 0.383 e. The van der Waals surface area contributed by atoms with Crippen molar-refractivity contribution in [1.82, 2.24) is 14.8 Å². The Morgan fingerprint density at radius 2 is 2.00 bits per heavy atom. The minimum Gasteiger partial charge on any atom is -0.383 e. The normalized spacial score (nSPS) is 10.7. The second-order valence-corrected chi connectivity index (χ2v) is 5.24. The molecule has 0 saturated heterocycles. The van der Waals surface area contributed by atoms with Crippen LogP contribution in [0.4, 0.5) is 5.69 Å². The molecule has 0 spiro atoms. The van der Waals surface area contributed by atoms with Crippen molar-refractivity contribution in [2.24, 2.45) is 0 Å². The van der Waals surface area contributed by atoms with Gasteiger partial charge in [-0.25, -0.2) is 4.98 Å². The predicted molar refractivity (Wildman–Crippen MR) is 83.1 cm³/mol. The molecule has 5 nitrogen and oxygen atoms in total. The third kappa shape index (κ3) is 5.57. The van der Waals surface area contributed by atoms with Crippen molar-refractivity contribution >= 4 is 11.6 Å². The Morgan fingerprint density at radius 1 is 1.25 bits per heavy atom. The van der Waals surface area contributed by atoms with Crippen LogP contribution in [0.25, 0.3) is 0 Å². The van der Waals surface area contributed by atoms with Crippen molar-refractivity contribution in [2.75, 3.05) is 46.1 Å². The van der Waals surface area contributed by atoms with Gasteiger partial charge in [-0.1, -0.05) is 13.3 Å². The zero-order valence-corrected chi connectivity index (χ0v) is 13.0. The molecule has 0 atom stereocenters. The molecule has 0 aliphatic carbocycles. The molecule has 1 amide bonds. The van der Waals surface area contributed by atoms with E-state index in [4.69, 9.17) is 0 Å². The van der Waals surface area contributed by atoms with Crippen molar-refractivity contribution in [3.8, 4) is 0 Å². The van der Waals surface area contributed by atoms with Crippen molar-refractivity contribution < 1.29 is 4.79 Å². The van der Waals surface area contributed by atoms with Gasteiger partial charge in [-0.2, -0.15) is 0 Å². The van der Waals surface area contributed by atoms with Gasteiger partial charge >= 0.3 is 0 Å². The predicted octanol–water partition coefficient (Wildman–Crippen LogP) is 1.93. The quantitative estimate of drug-likeness (QED) is 0.789. The van der Waals surface area contributed by atoms with Gasteiger partial charge in [0.2, 0.25) is 0 Å². The standard InChI is InChI=1S/C15H26N4O/c1-5-6-10-19(4)15(20)14-8-7-13(12-17-14)16-9-11-18(2)3/h7-8,12,16H,5-6,9-11H2,1-4H3. The molecule has 1 aromatic heterocycles. The van der Waals surface area contributed by atoms with Gasteiger partial charge in [0.1, 0.15) is 5.69 Å². The van der Waals surface area contributed by atoms with E-state index in [9.17, 15) is 4.79 Å². The lowest BCUT2D eigenvalue weighted by molar-refractivity contribution is 0.0787. The number of rotatable bonds is 8. The number of aromatic nitrogens is 1. The maximum absolute atomic E-state index is 12.1. The van der Waals surface area contributed by atoms with E-state index in [0.29, 0.717) is 5.69 Å². The van der Waals surface area contributed by atoms with E-state index in [-0.39, 0.29) is 5.91 Å². The van der Waals surface area contributed by atoms with Gasteiger partial charge in [-0.05, 0) is 32.6 Å². The number of carbonyl (C=O) groups excluding carboxylic acids is 1. The Hall–Kier alpha value is -1.62. The number of anilines is 1. The summed E-state index contributed by atoms with van der Waals surface area (Å²) >= 11 is 0. The minimum absolute atomic E-state index is 0.0155. The number of hydrogen-bond donors (Lipinski definition) is 1. The Kier molecular flexibility index (Phi) is 7.01. The highest BCUT2D eigenvalue weighted by Gasteiger charge is 2.12. The molecule has 1 heterocycles. The molecule has 0 aliphatic rings. The first-order valence-corrected chi connectivity index (χ1v) is 7.14. The van der Waals surface area contributed by atoms with Crippen molar-refractivity contribution in [3.05, 3.63) is 24.0 Å². The summed E-state index contributed by atoms with van der Waals surface area (Å²) in [5.41, 5.74) is 1.45. The third-order valence-electron chi connectivity index (χ3n) is 3.06. The molecule has 1 aromatic rings. The highest BCUT2D eigenvalue weighted by atomic mass is 16.2. The number of unbranched alkanes of at least 4 members (excludes halogenated alkanes) is 1. The number of pyridine rings is 1. The molecule has 0 aliphatic heterocycles. The molecule has 1 N–H and O–H groups in total. The van der Waals surface area contributed by atoms with Crippen molar-refractivity contribution in [1.29, 1.82) is 0 Å². The lowest BCUT2D eigenvalue weighted by Gasteiger charge is -2.16. The highest BCUT2D eigenvalue weighted by Crippen LogP contribution is 2.08. The molecule has 20 heavy (non-hydrogen) atoms. The average molecular weight is 278 g/mol. The van der Waals surface area contributed by atoms with Crippen LogP contribution in [0.15, 0.2) is 18.3 Å². The van der Waals surface area contributed by atoms with Crippen LogP contribution in [0.3, 0.4) is 0 Å². The van der Waals surface area contributed by atoms with Gasteiger partial charge in [-0.15, -0.1) is 0 Å². The van der Waals surface area contributed by atoms with Gasteiger partial charge in [0.25, 0.3) is 5.91 Å². The summed E-state index contributed by atoms with van der Waals surface area (Å²) in [4.78, 5) is 20.2. The summed E-state index contributed by atoms with van der Waals surface area (Å²) < 4.78 is 0. The smallest absolute Gasteiger partial charge is 0.272 e. The van der Waals surface area contributed by atoms with E-state index in [2.05, 4.69) is 22.1 Å². The van der Waals surface area contributed by atoms with Crippen LogP contribution in [-0.2, 0) is 0 Å². The van der Waals surface area contributed by atoms with Crippen molar-refractivity contribution in [3.63, 3.8) is 0 Å². The van der Waals surface area contributed by atoms with Gasteiger partial charge in [0.15, 0.2) is 0 Å². The molecular formula is C15H26N4O. The van der Waals surface area contributed by atoms with E-state index in [0.717, 1.165) is 38.2 Å². The molecular weight excluding hydrogens is 252 g/mol. The molecule has 0 saturated carbocycles. The molecule has 0 bridgehead atoms. The number of likely N-dealkylation sites (N-methyl/N-ethyl adjacent to an activating group) is 1. The molecule has 112 valence electrons. The molecule has 5 heteroatoms. The van der Waals surface area contributed by atoms with E-state index in [1.165, 1.54) is 0 Å². The second-order valence-electron chi connectivity index (χ2n) is 5.24. The Morgan fingerprint density at radius 3 is 2.55 bits per heavy atom. The summed E-state index contributed by atoms with van der Waals surface area (Å²) in [6, 6.07) is 3.69. The first-order chi connectivity index (χ1) is 9.54. The number of nitrogens with one attached hydrogen (secondary N) is 1. The third-order valence-corrected chi connectivity index (χ3v) is 3.06. The maximum atomic E-state index is 12.1. The number of amides is 1. The number of hydrogen-bond acceptors (Lipinski definition) is 4. The van der Waals surface area contributed by atoms with Crippen LogP contribution >= 0.6 is 0 Å². The summed E-state index contributed by atoms with van der Waals surface area (Å²) in [5.74, 6) is -0.0155. The van der Waals surface area contributed by atoms with E-state index in [1.54, 1.807) is 17.2 Å². The fourth-order valence-electron chi connectivity index (χ4n) is 1.74. The lowest BCUT2D eigenvalue weighted by atomic mass is 10.2. The van der Waals surface area contributed by atoms with Crippen LogP contribution in [-0.4, -0.2) is 61.5 Å². The fourth-order valence-corrected chi connectivity index (χ4v) is 1.74. The van der Waals surface area contributed by atoms with Crippen LogP contribution in [0, 0.1) is 0 Å². The molecule has 0 radical (unpaired) electrons. The maximum Gasteiger partial charge on any atom is 0.272 e. The van der Waals surface area contributed by atoms with Crippen LogP contribution in [0.2, 0.25) is 0 Å². The Balaban J connectivity index is 2.50. The zero-order chi connectivity index (χ0) is 15.0. The molecule has 1 rings (SSSR count). The topological polar surface area (TPSA) is 48.5 Å². The molecule has 0 fully saturated rings. The first kappa shape index (κ1) is 16.4. The minimum atomic E-state index is -0.0155. The van der Waals surface area contributed by atoms with Crippen LogP contribution < -0.4 is 5.32 Å². The number of carbonyl (C=O) groups is 1. The number of nitrogens with zero attached hydrogens (tertiary/aromatic N) is 3. The SMILES string of the molecule is CCCCN(C)C(=O)c1ccc(NCCN(C)C)cn1. The average Bonchev–Trinajstić information content (AvgIpc) is 2.44. The van der Waals surface area contributed by atoms with Gasteiger partial charge < -0.3 is 15.1 Å². The van der Waals surface area contributed by atoms with Crippen molar-refractivity contribution in [2.45, 2.75) is 19.8 Å². The molecule has 0 unspecified atom stereocenters. The zero-order valence-electron chi connectivity index (χ0n) is 13.0. The molecule has 0 aromatic carbocycles. The van der Waals surface area contributed by atoms with Gasteiger partial charge in [-0.3, -0.25) is 4.79 Å². The first-order valence-electron chi connectivity index (χ1n) is 7.14. The van der Waals surface area contributed by atoms with Crippen LogP contribution in [0.1, 0.15) is 30.3 Å². The second kappa shape index (κ2) is 8.53. The summed E-state index contributed by atoms with van der Waals surface area (Å²) in [5, 5.41) is 3.28. The fraction of sp³-hybridized carbons (Fsp3) is 0.600. The van der Waals surface area contributed by atoms with Gasteiger partial charge in [0.05, 0.1) is 11.9 Å². The van der Waals surface area contributed by atoms with E-state index < -0.39 is 0 Å². The van der Waals surface area contributed by atoms with E-state index >= 15 is 0 Å². The Bertz CT molecular complexity index is 403. The summed E-state index contributed by atoms with van der Waals surface area (Å²) in [6.07, 6.45) is 3.82. The lowest BCUT2D eigenvalue weighted by Crippen LogP contribution is -2.28. The van der Waals surface area contributed by atoms with Crippen LogP contribution in [0.5, 0.6) is 0 Å². The monoisotopic (exact) mass is 278 g/mol. The Labute approximate surface area is 122 Å². The summed E-state index contributed by atoms with van der Waals surface area (Å²) in [6.45, 7) is 4.71. The van der Waals surface area contributed by atoms with E-state index in [1.807, 2.05) is 27.2 Å². The highest BCUT2D eigenvalue weighted by molar-refractivity contribution is 5.92.